The molecule has 3 rings (SSSR count). The number of halogens is 2. The fraction of sp³-hybridized carbons (Fsp3) is 0.333. The number of rotatable bonds is 5. The van der Waals surface area contributed by atoms with Crippen molar-refractivity contribution in [2.45, 2.75) is 25.4 Å². The average Bonchev–Trinajstić information content (AvgIpc) is 2.88. The lowest BCUT2D eigenvalue weighted by atomic mass is 10.0. The second-order valence-corrected chi connectivity index (χ2v) is 6.45. The van der Waals surface area contributed by atoms with E-state index in [1.807, 2.05) is 4.90 Å². The molecule has 10 heteroatoms. The van der Waals surface area contributed by atoms with Gasteiger partial charge in [0.2, 0.25) is 0 Å². The Kier molecular flexibility index (Phi) is 5.67. The van der Waals surface area contributed by atoms with Gasteiger partial charge in [0.05, 0.1) is 11.3 Å². The summed E-state index contributed by atoms with van der Waals surface area (Å²) < 4.78 is 32.3. The quantitative estimate of drug-likeness (QED) is 0.610. The van der Waals surface area contributed by atoms with Crippen molar-refractivity contribution in [3.05, 3.63) is 63.6 Å². The van der Waals surface area contributed by atoms with Gasteiger partial charge in [-0.3, -0.25) is 14.9 Å². The molecule has 0 bridgehead atoms. The number of hydrogen-bond donors (Lipinski definition) is 1. The van der Waals surface area contributed by atoms with Crippen LogP contribution in [0.3, 0.4) is 0 Å². The van der Waals surface area contributed by atoms with E-state index >= 15 is 0 Å². The zero-order valence-electron chi connectivity index (χ0n) is 14.8. The summed E-state index contributed by atoms with van der Waals surface area (Å²) in [6.07, 6.45) is 3.26. The van der Waals surface area contributed by atoms with Crippen molar-refractivity contribution in [3.63, 3.8) is 0 Å². The summed E-state index contributed by atoms with van der Waals surface area (Å²) in [4.78, 5) is 27.8. The van der Waals surface area contributed by atoms with Gasteiger partial charge in [-0.1, -0.05) is 0 Å². The van der Waals surface area contributed by atoms with E-state index in [1.54, 1.807) is 0 Å². The molecule has 2 aliphatic heterocycles. The van der Waals surface area contributed by atoms with Gasteiger partial charge in [-0.2, -0.15) is 0 Å². The SMILES string of the molecule is NC(=O)C1=NC=C([N+](=O)[O-])CC(N2CCC(Oc3ccc(F)cc3F)CC2)=C1. The van der Waals surface area contributed by atoms with Crippen molar-refractivity contribution in [1.82, 2.24) is 4.90 Å². The highest BCUT2D eigenvalue weighted by Gasteiger charge is 2.27. The molecule has 1 aromatic rings. The molecule has 2 N–H and O–H groups in total. The van der Waals surface area contributed by atoms with Gasteiger partial charge in [0, 0.05) is 37.7 Å². The van der Waals surface area contributed by atoms with Crippen molar-refractivity contribution >= 4 is 11.6 Å². The van der Waals surface area contributed by atoms with Crippen LogP contribution in [-0.4, -0.2) is 40.6 Å². The molecule has 1 amide bonds. The third kappa shape index (κ3) is 4.51. The standard InChI is InChI=1S/C18H18F2N4O4/c19-11-1-2-17(15(20)7-11)28-14-3-5-23(6-4-14)12-8-13(24(26)27)10-22-16(9-12)18(21)25/h1-2,7,9-10,14H,3-6,8H2,(H2,21,25). The van der Waals surface area contributed by atoms with Crippen molar-refractivity contribution in [1.29, 1.82) is 0 Å². The van der Waals surface area contributed by atoms with Crippen molar-refractivity contribution in [2.75, 3.05) is 13.1 Å². The largest absolute Gasteiger partial charge is 0.487 e. The lowest BCUT2D eigenvalue weighted by Crippen LogP contribution is -2.38. The Morgan fingerprint density at radius 2 is 2.04 bits per heavy atom. The Hall–Kier alpha value is -3.30. The Balaban J connectivity index is 1.68. The van der Waals surface area contributed by atoms with Crippen LogP contribution in [-0.2, 0) is 4.79 Å². The third-order valence-electron chi connectivity index (χ3n) is 4.54. The minimum atomic E-state index is -0.775. The molecule has 28 heavy (non-hydrogen) atoms. The van der Waals surface area contributed by atoms with Gasteiger partial charge in [0.15, 0.2) is 11.6 Å². The van der Waals surface area contributed by atoms with Crippen LogP contribution in [0, 0.1) is 21.7 Å². The number of amides is 1. The number of carbonyl (C=O) groups is 1. The summed E-state index contributed by atoms with van der Waals surface area (Å²) in [6.45, 7) is 0.965. The predicted octanol–water partition coefficient (Wildman–Crippen LogP) is 2.14. The van der Waals surface area contributed by atoms with Gasteiger partial charge < -0.3 is 15.4 Å². The Bertz CT molecular complexity index is 890. The van der Waals surface area contributed by atoms with Crippen LogP contribution in [0.15, 0.2) is 46.9 Å². The number of primary amides is 1. The van der Waals surface area contributed by atoms with E-state index in [-0.39, 0.29) is 29.7 Å². The summed E-state index contributed by atoms with van der Waals surface area (Å²) in [5.74, 6) is -2.24. The van der Waals surface area contributed by atoms with Crippen molar-refractivity contribution in [3.8, 4) is 5.75 Å². The fourth-order valence-corrected chi connectivity index (χ4v) is 3.08. The number of aliphatic imine (C=N–C) groups is 1. The molecule has 1 fully saturated rings. The first kappa shape index (κ1) is 19.5. The number of nitrogens with two attached hydrogens (primary N) is 1. The monoisotopic (exact) mass is 392 g/mol. The molecule has 0 spiro atoms. The number of nitrogens with zero attached hydrogens (tertiary/aromatic N) is 3. The van der Waals surface area contributed by atoms with E-state index in [9.17, 15) is 23.7 Å². The Morgan fingerprint density at radius 3 is 2.64 bits per heavy atom. The molecule has 0 aliphatic carbocycles. The maximum absolute atomic E-state index is 13.7. The molecule has 8 nitrogen and oxygen atoms in total. The lowest BCUT2D eigenvalue weighted by Gasteiger charge is -2.35. The van der Waals surface area contributed by atoms with Crippen molar-refractivity contribution in [2.24, 2.45) is 10.7 Å². The molecule has 0 atom stereocenters. The number of ether oxygens (including phenoxy) is 1. The number of likely N-dealkylation sites (tertiary alicyclic amines) is 1. The number of piperidine rings is 1. The van der Waals surface area contributed by atoms with Crippen LogP contribution >= 0.6 is 0 Å². The molecular formula is C18H18F2N4O4. The minimum Gasteiger partial charge on any atom is -0.487 e. The molecule has 0 unspecified atom stereocenters. The van der Waals surface area contributed by atoms with Gasteiger partial charge in [-0.25, -0.2) is 13.8 Å². The van der Waals surface area contributed by atoms with Crippen LogP contribution in [0.25, 0.3) is 0 Å². The van der Waals surface area contributed by atoms with E-state index in [1.165, 1.54) is 12.1 Å². The Labute approximate surface area is 159 Å². The van der Waals surface area contributed by atoms with Crippen LogP contribution in [0.2, 0.25) is 0 Å². The topological polar surface area (TPSA) is 111 Å². The molecule has 1 aromatic carbocycles. The zero-order chi connectivity index (χ0) is 20.3. The molecular weight excluding hydrogens is 374 g/mol. The number of carbonyl (C=O) groups excluding carboxylic acids is 1. The van der Waals surface area contributed by atoms with E-state index in [2.05, 4.69) is 4.99 Å². The highest BCUT2D eigenvalue weighted by Crippen LogP contribution is 2.26. The van der Waals surface area contributed by atoms with E-state index in [4.69, 9.17) is 10.5 Å². The highest BCUT2D eigenvalue weighted by atomic mass is 19.1. The van der Waals surface area contributed by atoms with Crippen LogP contribution in [0.1, 0.15) is 19.3 Å². The van der Waals surface area contributed by atoms with Gasteiger partial charge in [-0.15, -0.1) is 0 Å². The van der Waals surface area contributed by atoms with Crippen LogP contribution in [0.4, 0.5) is 8.78 Å². The van der Waals surface area contributed by atoms with E-state index < -0.39 is 22.5 Å². The minimum absolute atomic E-state index is 0.00535. The first-order chi connectivity index (χ1) is 13.3. The fourth-order valence-electron chi connectivity index (χ4n) is 3.08. The number of nitro groups is 1. The highest BCUT2D eigenvalue weighted by molar-refractivity contribution is 6.43. The summed E-state index contributed by atoms with van der Waals surface area (Å²) in [5, 5.41) is 11.1. The molecule has 0 aromatic heterocycles. The summed E-state index contributed by atoms with van der Waals surface area (Å²) in [5.41, 5.74) is 5.63. The van der Waals surface area contributed by atoms with Gasteiger partial charge in [0.1, 0.15) is 23.8 Å². The molecule has 2 heterocycles. The average molecular weight is 392 g/mol. The van der Waals surface area contributed by atoms with Gasteiger partial charge in [0.25, 0.3) is 11.6 Å². The zero-order valence-corrected chi connectivity index (χ0v) is 14.8. The van der Waals surface area contributed by atoms with Crippen LogP contribution < -0.4 is 10.5 Å². The summed E-state index contributed by atoms with van der Waals surface area (Å²) >= 11 is 0. The Morgan fingerprint density at radius 1 is 1.32 bits per heavy atom. The molecule has 0 saturated carbocycles. The molecule has 1 saturated heterocycles. The van der Waals surface area contributed by atoms with Gasteiger partial charge in [-0.05, 0) is 18.2 Å². The number of benzene rings is 1. The van der Waals surface area contributed by atoms with E-state index in [0.717, 1.165) is 18.3 Å². The second kappa shape index (κ2) is 8.15. The second-order valence-electron chi connectivity index (χ2n) is 6.45. The predicted molar refractivity (Wildman–Crippen MR) is 96.0 cm³/mol. The summed E-state index contributed by atoms with van der Waals surface area (Å²) in [7, 11) is 0. The first-order valence-electron chi connectivity index (χ1n) is 8.61. The molecule has 2 aliphatic rings. The smallest absolute Gasteiger partial charge is 0.270 e. The maximum atomic E-state index is 13.7. The van der Waals surface area contributed by atoms with Crippen molar-refractivity contribution < 1.29 is 23.2 Å². The van der Waals surface area contributed by atoms with E-state index in [0.29, 0.717) is 31.6 Å². The first-order valence-corrected chi connectivity index (χ1v) is 8.61. The maximum Gasteiger partial charge on any atom is 0.270 e. The van der Waals surface area contributed by atoms with Gasteiger partial charge >= 0.3 is 0 Å². The third-order valence-corrected chi connectivity index (χ3v) is 4.54. The molecule has 148 valence electrons. The van der Waals surface area contributed by atoms with Crippen LogP contribution in [0.5, 0.6) is 5.75 Å². The number of hydrogen-bond acceptors (Lipinski definition) is 6. The summed E-state index contributed by atoms with van der Waals surface area (Å²) in [6, 6.07) is 3.13. The normalized spacial score (nSPS) is 17.9. The molecule has 0 radical (unpaired) electrons. The lowest BCUT2D eigenvalue weighted by molar-refractivity contribution is -0.427.